The maximum atomic E-state index is 13.9. The molecule has 0 spiro atoms. The molecule has 0 amide bonds. The highest BCUT2D eigenvalue weighted by Gasteiger charge is 2.24. The predicted octanol–water partition coefficient (Wildman–Crippen LogP) is 3.97. The number of aryl methyl sites for hydroxylation is 1. The summed E-state index contributed by atoms with van der Waals surface area (Å²) < 4.78 is 28.2. The van der Waals surface area contributed by atoms with Crippen LogP contribution in [0.25, 0.3) is 22.6 Å². The molecule has 1 aliphatic carbocycles. The Bertz CT molecular complexity index is 1450. The molecule has 232 valence electrons. The van der Waals surface area contributed by atoms with E-state index in [2.05, 4.69) is 23.8 Å². The van der Waals surface area contributed by atoms with Crippen LogP contribution >= 0.6 is 10.0 Å². The molecule has 1 atom stereocenters. The normalized spacial score (nSPS) is 18.3. The minimum absolute atomic E-state index is 0.140. The molecule has 1 aliphatic heterocycles. The number of ether oxygens (including phenoxy) is 4. The number of fused-ring (bicyclic) bond motifs is 1. The summed E-state index contributed by atoms with van der Waals surface area (Å²) in [5.74, 6) is 2.05. The molecule has 3 aromatic rings. The van der Waals surface area contributed by atoms with Crippen molar-refractivity contribution in [3.05, 3.63) is 39.2 Å². The molecule has 0 radical (unpaired) electrons. The van der Waals surface area contributed by atoms with Crippen molar-refractivity contribution in [2.75, 3.05) is 44.3 Å². The van der Waals surface area contributed by atoms with Crippen LogP contribution in [0.4, 0.5) is 0 Å². The van der Waals surface area contributed by atoms with E-state index in [4.69, 9.17) is 23.9 Å². The van der Waals surface area contributed by atoms with Gasteiger partial charge in [0.1, 0.15) is 18.7 Å². The lowest BCUT2D eigenvalue weighted by Crippen LogP contribution is -2.40. The fourth-order valence-corrected chi connectivity index (χ4v) is 5.72. The second-order valence-corrected chi connectivity index (χ2v) is 16.5. The molecular weight excluding hydrogens is 558 g/mol. The third-order valence-corrected chi connectivity index (χ3v) is 9.18. The van der Waals surface area contributed by atoms with Gasteiger partial charge in [-0.2, -0.15) is 0 Å². The number of nitrogens with zero attached hydrogens (tertiary/aromatic N) is 5. The van der Waals surface area contributed by atoms with Crippen molar-refractivity contribution in [1.29, 1.82) is 0 Å². The Balaban J connectivity index is 1.46. The van der Waals surface area contributed by atoms with Gasteiger partial charge in [0.15, 0.2) is 17.5 Å². The zero-order valence-corrected chi connectivity index (χ0v) is 26.2. The lowest BCUT2D eigenvalue weighted by Gasteiger charge is -2.25. The third-order valence-electron chi connectivity index (χ3n) is 7.79. The van der Waals surface area contributed by atoms with Gasteiger partial charge in [0.25, 0.3) is 5.56 Å². The second-order valence-electron chi connectivity index (χ2n) is 11.9. The third kappa shape index (κ3) is 7.27. The Morgan fingerprint density at radius 2 is 1.86 bits per heavy atom. The topological polar surface area (TPSA) is 112 Å². The SMILES string of the molecule is CCn1c(=O)n(CCCOC2CCCCO2)c(=O)c2c1nc(-c1ccc(OC3CCC3)nc1)n2COCCS(C)(C)C. The molecule has 1 saturated carbocycles. The fraction of sp³-hybridized carbons (Fsp3) is 0.667. The van der Waals surface area contributed by atoms with E-state index in [0.29, 0.717) is 55.7 Å². The fourth-order valence-electron chi connectivity index (χ4n) is 5.11. The maximum Gasteiger partial charge on any atom is 0.332 e. The molecular formula is C30H45N5O6S. The Kier molecular flexibility index (Phi) is 10.1. The number of hydrogen-bond acceptors (Lipinski definition) is 8. The van der Waals surface area contributed by atoms with Crippen LogP contribution in [-0.2, 0) is 34.0 Å². The zero-order valence-electron chi connectivity index (χ0n) is 25.4. The van der Waals surface area contributed by atoms with Gasteiger partial charge in [-0.3, -0.25) is 18.5 Å². The first kappa shape index (κ1) is 30.8. The van der Waals surface area contributed by atoms with Gasteiger partial charge in [-0.25, -0.2) is 24.8 Å². The van der Waals surface area contributed by atoms with Gasteiger partial charge in [0.05, 0.1) is 13.2 Å². The highest BCUT2D eigenvalue weighted by atomic mass is 32.3. The van der Waals surface area contributed by atoms with Crippen molar-refractivity contribution in [3.8, 4) is 17.3 Å². The molecule has 1 saturated heterocycles. The summed E-state index contributed by atoms with van der Waals surface area (Å²) in [5, 5.41) is 0. The van der Waals surface area contributed by atoms with E-state index in [0.717, 1.165) is 43.4 Å². The van der Waals surface area contributed by atoms with Gasteiger partial charge in [-0.15, -0.1) is 0 Å². The summed E-state index contributed by atoms with van der Waals surface area (Å²) in [7, 11) is -0.740. The molecule has 0 aromatic carbocycles. The quantitative estimate of drug-likeness (QED) is 0.255. The Hall–Kier alpha value is -2.67. The standard InChI is InChI=1S/C30H45N5O6S/c1-5-33-28-26(29(36)34(30(33)37)15-9-17-40-25-12-6-7-16-39-25)35(21-38-18-19-42(2,3)4)27(32-28)22-13-14-24(31-20-22)41-23-10-8-11-23/h13-14,20,23,25H,5-12,15-19,21H2,1-4H3. The van der Waals surface area contributed by atoms with Crippen molar-refractivity contribution in [3.63, 3.8) is 0 Å². The van der Waals surface area contributed by atoms with Crippen molar-refractivity contribution < 1.29 is 18.9 Å². The van der Waals surface area contributed by atoms with Crippen LogP contribution in [0.15, 0.2) is 27.9 Å². The lowest BCUT2D eigenvalue weighted by atomic mass is 9.96. The van der Waals surface area contributed by atoms with Crippen LogP contribution < -0.4 is 16.0 Å². The van der Waals surface area contributed by atoms with Crippen LogP contribution in [-0.4, -0.2) is 80.4 Å². The lowest BCUT2D eigenvalue weighted by molar-refractivity contribution is -0.163. The molecule has 0 N–H and O–H groups in total. The largest absolute Gasteiger partial charge is 0.474 e. The molecule has 12 heteroatoms. The van der Waals surface area contributed by atoms with E-state index in [1.165, 1.54) is 11.0 Å². The number of rotatable bonds is 14. The summed E-state index contributed by atoms with van der Waals surface area (Å²) in [6, 6.07) is 3.73. The van der Waals surface area contributed by atoms with Crippen LogP contribution in [0.2, 0.25) is 0 Å². The highest BCUT2D eigenvalue weighted by Crippen LogP contribution is 2.34. The molecule has 1 unspecified atom stereocenters. The molecule has 2 fully saturated rings. The molecule has 4 heterocycles. The number of pyridine rings is 1. The first-order valence-electron chi connectivity index (χ1n) is 15.1. The Labute approximate surface area is 248 Å². The highest BCUT2D eigenvalue weighted by molar-refractivity contribution is 8.32. The van der Waals surface area contributed by atoms with Crippen LogP contribution in [0.5, 0.6) is 5.88 Å². The average molecular weight is 604 g/mol. The van der Waals surface area contributed by atoms with Gasteiger partial charge >= 0.3 is 5.69 Å². The minimum atomic E-state index is -0.740. The minimum Gasteiger partial charge on any atom is -0.474 e. The molecule has 0 bridgehead atoms. The average Bonchev–Trinajstić information content (AvgIpc) is 3.32. The second kappa shape index (κ2) is 13.7. The molecule has 42 heavy (non-hydrogen) atoms. The van der Waals surface area contributed by atoms with E-state index in [1.807, 2.05) is 19.1 Å². The first-order chi connectivity index (χ1) is 20.2. The summed E-state index contributed by atoms with van der Waals surface area (Å²) in [6.45, 7) is 4.31. The maximum absolute atomic E-state index is 13.9. The van der Waals surface area contributed by atoms with Gasteiger partial charge in [-0.05, 0) is 76.7 Å². The van der Waals surface area contributed by atoms with Gasteiger partial charge in [-0.1, -0.05) is 0 Å². The Morgan fingerprint density at radius 1 is 1.02 bits per heavy atom. The molecule has 2 aliphatic rings. The van der Waals surface area contributed by atoms with Crippen LogP contribution in [0.3, 0.4) is 0 Å². The van der Waals surface area contributed by atoms with E-state index in [9.17, 15) is 9.59 Å². The van der Waals surface area contributed by atoms with E-state index in [-0.39, 0.29) is 36.9 Å². The van der Waals surface area contributed by atoms with Gasteiger partial charge < -0.3 is 18.9 Å². The smallest absolute Gasteiger partial charge is 0.332 e. The summed E-state index contributed by atoms with van der Waals surface area (Å²) >= 11 is 0. The summed E-state index contributed by atoms with van der Waals surface area (Å²) in [6.07, 6.45) is 15.3. The summed E-state index contributed by atoms with van der Waals surface area (Å²) in [4.78, 5) is 36.8. The number of hydrogen-bond donors (Lipinski definition) is 0. The van der Waals surface area contributed by atoms with Crippen LogP contribution in [0.1, 0.15) is 51.9 Å². The Morgan fingerprint density at radius 3 is 2.50 bits per heavy atom. The van der Waals surface area contributed by atoms with Gasteiger partial charge in [0, 0.05) is 43.3 Å². The van der Waals surface area contributed by atoms with Crippen molar-refractivity contribution >= 4 is 21.2 Å². The van der Waals surface area contributed by atoms with Gasteiger partial charge in [0.2, 0.25) is 5.88 Å². The molecule has 11 nitrogen and oxygen atoms in total. The zero-order chi connectivity index (χ0) is 29.7. The van der Waals surface area contributed by atoms with E-state index in [1.54, 1.807) is 15.3 Å². The molecule has 5 rings (SSSR count). The molecule has 3 aromatic heterocycles. The van der Waals surface area contributed by atoms with Crippen molar-refractivity contribution in [2.45, 2.75) is 84.1 Å². The first-order valence-corrected chi connectivity index (χ1v) is 18.1. The summed E-state index contributed by atoms with van der Waals surface area (Å²) in [5.41, 5.74) is 0.667. The predicted molar refractivity (Wildman–Crippen MR) is 166 cm³/mol. The monoisotopic (exact) mass is 603 g/mol. The van der Waals surface area contributed by atoms with E-state index < -0.39 is 10.0 Å². The number of imidazole rings is 1. The van der Waals surface area contributed by atoms with E-state index >= 15 is 0 Å². The number of aromatic nitrogens is 5. The van der Waals surface area contributed by atoms with Crippen LogP contribution in [0, 0.1) is 0 Å². The van der Waals surface area contributed by atoms with Crippen molar-refractivity contribution in [2.24, 2.45) is 0 Å². The van der Waals surface area contributed by atoms with Crippen molar-refractivity contribution in [1.82, 2.24) is 23.7 Å².